The highest BCUT2D eigenvalue weighted by molar-refractivity contribution is 7.92. The van der Waals surface area contributed by atoms with Gasteiger partial charge in [0.15, 0.2) is 0 Å². The molecule has 4 aromatic carbocycles. The van der Waals surface area contributed by atoms with Gasteiger partial charge in [-0.3, -0.25) is 4.72 Å². The van der Waals surface area contributed by atoms with Crippen LogP contribution >= 0.6 is 0 Å². The molecule has 0 bridgehead atoms. The Kier molecular flexibility index (Phi) is 5.00. The van der Waals surface area contributed by atoms with E-state index in [-0.39, 0.29) is 33.2 Å². The molecule has 0 unspecified atom stereocenters. The van der Waals surface area contributed by atoms with Crippen LogP contribution in [-0.2, 0) is 10.0 Å². The van der Waals surface area contributed by atoms with Crippen LogP contribution in [0.25, 0.3) is 21.9 Å². The van der Waals surface area contributed by atoms with Crippen molar-refractivity contribution in [1.82, 2.24) is 0 Å². The second-order valence-corrected chi connectivity index (χ2v) is 8.53. The van der Waals surface area contributed by atoms with Gasteiger partial charge in [0, 0.05) is 16.8 Å². The third kappa shape index (κ3) is 3.88. The Morgan fingerprint density at radius 1 is 0.806 bits per heavy atom. The Bertz CT molecular complexity index is 1430. The molecule has 0 aliphatic carbocycles. The molecule has 4 N–H and O–H groups in total. The fourth-order valence-electron chi connectivity index (χ4n) is 3.35. The molecule has 0 spiro atoms. The second-order valence-electron chi connectivity index (χ2n) is 6.85. The molecule has 0 aromatic heterocycles. The van der Waals surface area contributed by atoms with Gasteiger partial charge in [-0.05, 0) is 53.2 Å². The number of hydrogen-bond donors (Lipinski definition) is 4. The minimum atomic E-state index is -4.09. The maximum atomic E-state index is 12.8. The predicted octanol–water partition coefficient (Wildman–Crippen LogP) is 4.42. The van der Waals surface area contributed by atoms with Crippen LogP contribution in [0.5, 0.6) is 11.5 Å². The van der Waals surface area contributed by atoms with Gasteiger partial charge >= 0.3 is 5.97 Å². The predicted molar refractivity (Wildman–Crippen MR) is 117 cm³/mol. The average Bonchev–Trinajstić information content (AvgIpc) is 2.75. The van der Waals surface area contributed by atoms with Crippen LogP contribution in [0, 0.1) is 0 Å². The highest BCUT2D eigenvalue weighted by atomic mass is 32.2. The summed E-state index contributed by atoms with van der Waals surface area (Å²) in [6.07, 6.45) is 0. The van der Waals surface area contributed by atoms with Gasteiger partial charge < -0.3 is 15.3 Å². The normalized spacial score (nSPS) is 11.4. The summed E-state index contributed by atoms with van der Waals surface area (Å²) in [5, 5.41) is 31.5. The van der Waals surface area contributed by atoms with E-state index in [9.17, 15) is 23.4 Å². The zero-order chi connectivity index (χ0) is 22.2. The number of aromatic hydroxyl groups is 2. The van der Waals surface area contributed by atoms with E-state index in [2.05, 4.69) is 4.72 Å². The standard InChI is InChI=1S/C23H17NO6S/c25-20-11-9-16(24-31(29,30)17-6-3-5-15(12-17)23(27)28)13-19(20)22-18-7-2-1-4-14(18)8-10-21(22)26/h1-13,24-26H,(H,27,28). The molecule has 31 heavy (non-hydrogen) atoms. The summed E-state index contributed by atoms with van der Waals surface area (Å²) in [6, 6.07) is 19.6. The molecule has 8 heteroatoms. The minimum absolute atomic E-state index is 0.0665. The summed E-state index contributed by atoms with van der Waals surface area (Å²) in [6.45, 7) is 0. The number of nitrogens with one attached hydrogen (secondary N) is 1. The molecule has 0 heterocycles. The number of rotatable bonds is 5. The highest BCUT2D eigenvalue weighted by Crippen LogP contribution is 2.41. The number of sulfonamides is 1. The first kappa shape index (κ1) is 20.2. The smallest absolute Gasteiger partial charge is 0.335 e. The van der Waals surface area contributed by atoms with Gasteiger partial charge in [0.1, 0.15) is 11.5 Å². The van der Waals surface area contributed by atoms with E-state index in [0.717, 1.165) is 11.5 Å². The lowest BCUT2D eigenvalue weighted by Crippen LogP contribution is -2.13. The SMILES string of the molecule is O=C(O)c1cccc(S(=O)(=O)Nc2ccc(O)c(-c3c(O)ccc4ccccc34)c2)c1. The largest absolute Gasteiger partial charge is 0.507 e. The van der Waals surface area contributed by atoms with Crippen molar-refractivity contribution in [2.75, 3.05) is 4.72 Å². The van der Waals surface area contributed by atoms with Crippen LogP contribution in [0.15, 0.2) is 83.8 Å². The number of fused-ring (bicyclic) bond motifs is 1. The molecule has 156 valence electrons. The molecule has 0 saturated carbocycles. The summed E-state index contributed by atoms with van der Waals surface area (Å²) < 4.78 is 27.9. The number of phenols is 2. The number of carbonyl (C=O) groups is 1. The van der Waals surface area contributed by atoms with Crippen molar-refractivity contribution in [2.45, 2.75) is 4.90 Å². The Morgan fingerprint density at radius 2 is 1.55 bits per heavy atom. The fraction of sp³-hybridized carbons (Fsp3) is 0. The van der Waals surface area contributed by atoms with Crippen LogP contribution < -0.4 is 4.72 Å². The Hall–Kier alpha value is -4.04. The van der Waals surface area contributed by atoms with Crippen LogP contribution in [0.2, 0.25) is 0 Å². The number of phenolic OH excluding ortho intramolecular Hbond substituents is 2. The first-order valence-corrected chi connectivity index (χ1v) is 10.6. The van der Waals surface area contributed by atoms with Gasteiger partial charge in [0.25, 0.3) is 10.0 Å². The van der Waals surface area contributed by atoms with E-state index in [0.29, 0.717) is 10.9 Å². The van der Waals surface area contributed by atoms with Gasteiger partial charge in [-0.1, -0.05) is 36.4 Å². The van der Waals surface area contributed by atoms with E-state index >= 15 is 0 Å². The summed E-state index contributed by atoms with van der Waals surface area (Å²) in [4.78, 5) is 10.9. The number of carboxylic acids is 1. The van der Waals surface area contributed by atoms with Crippen molar-refractivity contribution >= 4 is 32.5 Å². The summed E-state index contributed by atoms with van der Waals surface area (Å²) >= 11 is 0. The number of aromatic carboxylic acids is 1. The van der Waals surface area contributed by atoms with Crippen LogP contribution in [0.4, 0.5) is 5.69 Å². The van der Waals surface area contributed by atoms with Gasteiger partial charge in [0.05, 0.1) is 10.5 Å². The second kappa shape index (κ2) is 7.66. The van der Waals surface area contributed by atoms with Crippen molar-refractivity contribution < 1.29 is 28.5 Å². The topological polar surface area (TPSA) is 124 Å². The molecule has 0 aliphatic rings. The monoisotopic (exact) mass is 435 g/mol. The van der Waals surface area contributed by atoms with Crippen molar-refractivity contribution in [1.29, 1.82) is 0 Å². The highest BCUT2D eigenvalue weighted by Gasteiger charge is 2.19. The van der Waals surface area contributed by atoms with Gasteiger partial charge in [-0.2, -0.15) is 0 Å². The maximum absolute atomic E-state index is 12.8. The number of hydrogen-bond acceptors (Lipinski definition) is 5. The fourth-order valence-corrected chi connectivity index (χ4v) is 4.45. The molecule has 0 aliphatic heterocycles. The average molecular weight is 435 g/mol. The lowest BCUT2D eigenvalue weighted by Gasteiger charge is -2.14. The molecular formula is C23H17NO6S. The lowest BCUT2D eigenvalue weighted by atomic mass is 9.96. The van der Waals surface area contributed by atoms with Crippen LogP contribution in [-0.4, -0.2) is 29.7 Å². The van der Waals surface area contributed by atoms with Crippen molar-refractivity contribution in [3.8, 4) is 22.6 Å². The molecule has 7 nitrogen and oxygen atoms in total. The van der Waals surface area contributed by atoms with Crippen molar-refractivity contribution in [3.05, 3.63) is 84.4 Å². The van der Waals surface area contributed by atoms with Crippen molar-refractivity contribution in [2.24, 2.45) is 0 Å². The van der Waals surface area contributed by atoms with E-state index < -0.39 is 16.0 Å². The van der Waals surface area contributed by atoms with E-state index in [1.165, 1.54) is 42.5 Å². The zero-order valence-electron chi connectivity index (χ0n) is 16.0. The quantitative estimate of drug-likeness (QED) is 0.344. The third-order valence-electron chi connectivity index (χ3n) is 4.82. The van der Waals surface area contributed by atoms with E-state index in [1.54, 1.807) is 18.2 Å². The first-order valence-electron chi connectivity index (χ1n) is 9.16. The molecule has 0 amide bonds. The van der Waals surface area contributed by atoms with Crippen LogP contribution in [0.1, 0.15) is 10.4 Å². The maximum Gasteiger partial charge on any atom is 0.335 e. The van der Waals surface area contributed by atoms with Crippen LogP contribution in [0.3, 0.4) is 0 Å². The number of benzene rings is 4. The van der Waals surface area contributed by atoms with Gasteiger partial charge in [-0.15, -0.1) is 0 Å². The lowest BCUT2D eigenvalue weighted by molar-refractivity contribution is 0.0696. The molecular weight excluding hydrogens is 418 g/mol. The van der Waals surface area contributed by atoms with E-state index in [1.807, 2.05) is 12.1 Å². The summed E-state index contributed by atoms with van der Waals surface area (Å²) in [5.74, 6) is -1.44. The minimum Gasteiger partial charge on any atom is -0.507 e. The Labute approximate surface area is 177 Å². The summed E-state index contributed by atoms with van der Waals surface area (Å²) in [7, 11) is -4.09. The third-order valence-corrected chi connectivity index (χ3v) is 6.20. The van der Waals surface area contributed by atoms with Gasteiger partial charge in [-0.25, -0.2) is 13.2 Å². The Balaban J connectivity index is 1.79. The zero-order valence-corrected chi connectivity index (χ0v) is 16.8. The molecule has 4 aromatic rings. The van der Waals surface area contributed by atoms with E-state index in [4.69, 9.17) is 5.11 Å². The molecule has 0 fully saturated rings. The summed E-state index contributed by atoms with van der Waals surface area (Å²) in [5.41, 5.74) is 0.592. The number of carboxylic acid groups (broad SMARTS) is 1. The molecule has 0 radical (unpaired) electrons. The van der Waals surface area contributed by atoms with Gasteiger partial charge in [0.2, 0.25) is 0 Å². The molecule has 0 atom stereocenters. The molecule has 4 rings (SSSR count). The first-order chi connectivity index (χ1) is 14.8. The molecule has 0 saturated heterocycles. The van der Waals surface area contributed by atoms with Crippen molar-refractivity contribution in [3.63, 3.8) is 0 Å². The number of anilines is 1. The Morgan fingerprint density at radius 3 is 2.32 bits per heavy atom.